The van der Waals surface area contributed by atoms with E-state index >= 15 is 0 Å². The van der Waals surface area contributed by atoms with Crippen LogP contribution in [0.3, 0.4) is 0 Å². The summed E-state index contributed by atoms with van der Waals surface area (Å²) in [7, 11) is 1.46. The molecule has 0 aliphatic rings. The van der Waals surface area contributed by atoms with Crippen molar-refractivity contribution in [1.29, 1.82) is 0 Å². The Kier molecular flexibility index (Phi) is 5.37. The predicted octanol–water partition coefficient (Wildman–Crippen LogP) is 3.04. The summed E-state index contributed by atoms with van der Waals surface area (Å²) in [4.78, 5) is 36.4. The number of carbonyl (C=O) groups excluding carboxylic acids is 2. The smallest absolute Gasteiger partial charge is 0.340 e. The summed E-state index contributed by atoms with van der Waals surface area (Å²) in [5.41, 5.74) is 6.22. The van der Waals surface area contributed by atoms with Crippen molar-refractivity contribution in [2.75, 3.05) is 12.4 Å². The first-order chi connectivity index (χ1) is 13.3. The Morgan fingerprint density at radius 2 is 1.96 bits per heavy atom. The number of halogens is 1. The molecule has 0 unspecified atom stereocenters. The van der Waals surface area contributed by atoms with Gasteiger partial charge in [0.15, 0.2) is 0 Å². The molecule has 0 spiro atoms. The zero-order valence-corrected chi connectivity index (χ0v) is 15.9. The number of primary amides is 1. The van der Waals surface area contributed by atoms with E-state index in [1.54, 1.807) is 31.2 Å². The number of benzene rings is 2. The third-order valence-electron chi connectivity index (χ3n) is 4.36. The van der Waals surface area contributed by atoms with Crippen LogP contribution in [0.15, 0.2) is 45.6 Å². The maximum atomic E-state index is 12.5. The number of hydrogen-bond acceptors (Lipinski definition) is 5. The van der Waals surface area contributed by atoms with Gasteiger partial charge in [-0.1, -0.05) is 23.7 Å². The molecule has 28 heavy (non-hydrogen) atoms. The highest BCUT2D eigenvalue weighted by molar-refractivity contribution is 6.32. The van der Waals surface area contributed by atoms with Crippen molar-refractivity contribution in [2.24, 2.45) is 5.73 Å². The van der Waals surface area contributed by atoms with Crippen LogP contribution in [-0.2, 0) is 11.2 Å². The van der Waals surface area contributed by atoms with E-state index < -0.39 is 17.4 Å². The van der Waals surface area contributed by atoms with Crippen molar-refractivity contribution in [3.8, 4) is 5.75 Å². The van der Waals surface area contributed by atoms with E-state index in [0.717, 1.165) is 0 Å². The number of anilines is 1. The van der Waals surface area contributed by atoms with Crippen LogP contribution in [-0.4, -0.2) is 18.9 Å². The largest absolute Gasteiger partial charge is 0.495 e. The van der Waals surface area contributed by atoms with Gasteiger partial charge in [-0.15, -0.1) is 0 Å². The average Bonchev–Trinajstić information content (AvgIpc) is 2.65. The molecule has 1 heterocycles. The Balaban J connectivity index is 1.95. The minimum absolute atomic E-state index is 0.178. The van der Waals surface area contributed by atoms with Crippen molar-refractivity contribution < 1.29 is 18.7 Å². The molecule has 144 valence electrons. The first kappa shape index (κ1) is 19.4. The topological polar surface area (TPSA) is 112 Å². The van der Waals surface area contributed by atoms with Crippen LogP contribution in [0.25, 0.3) is 11.0 Å². The summed E-state index contributed by atoms with van der Waals surface area (Å²) < 4.78 is 10.5. The number of fused-ring (bicyclic) bond motifs is 1. The zero-order valence-electron chi connectivity index (χ0n) is 15.2. The van der Waals surface area contributed by atoms with Crippen LogP contribution in [0.1, 0.15) is 21.5 Å². The van der Waals surface area contributed by atoms with Crippen LogP contribution in [0.2, 0.25) is 5.02 Å². The Bertz CT molecular complexity index is 1150. The van der Waals surface area contributed by atoms with Crippen LogP contribution in [0.4, 0.5) is 5.69 Å². The van der Waals surface area contributed by atoms with Crippen molar-refractivity contribution in [2.45, 2.75) is 13.3 Å². The van der Waals surface area contributed by atoms with Crippen molar-refractivity contribution in [3.05, 3.63) is 68.5 Å². The van der Waals surface area contributed by atoms with Gasteiger partial charge in [0.25, 0.3) is 5.91 Å². The van der Waals surface area contributed by atoms with Crippen molar-refractivity contribution >= 4 is 40.1 Å². The van der Waals surface area contributed by atoms with Gasteiger partial charge in [0.05, 0.1) is 35.4 Å². The monoisotopic (exact) mass is 400 g/mol. The fraction of sp³-hybridized carbons (Fsp3) is 0.150. The van der Waals surface area contributed by atoms with Gasteiger partial charge in [0.2, 0.25) is 5.91 Å². The first-order valence-corrected chi connectivity index (χ1v) is 8.68. The molecule has 0 aliphatic carbocycles. The summed E-state index contributed by atoms with van der Waals surface area (Å²) in [6, 6.07) is 9.50. The van der Waals surface area contributed by atoms with Crippen molar-refractivity contribution in [1.82, 2.24) is 0 Å². The Morgan fingerprint density at radius 3 is 2.64 bits per heavy atom. The molecule has 0 bridgehead atoms. The second-order valence-electron chi connectivity index (χ2n) is 6.11. The van der Waals surface area contributed by atoms with Gasteiger partial charge >= 0.3 is 5.63 Å². The number of aryl methyl sites for hydroxylation is 1. The van der Waals surface area contributed by atoms with Crippen LogP contribution < -0.4 is 21.4 Å². The molecular weight excluding hydrogens is 384 g/mol. The van der Waals surface area contributed by atoms with Gasteiger partial charge in [-0.2, -0.15) is 0 Å². The first-order valence-electron chi connectivity index (χ1n) is 8.30. The second-order valence-corrected chi connectivity index (χ2v) is 6.52. The average molecular weight is 401 g/mol. The van der Waals surface area contributed by atoms with E-state index in [2.05, 4.69) is 5.32 Å². The Labute approximate surface area is 165 Å². The number of methoxy groups -OCH3 is 1. The number of rotatable bonds is 5. The molecule has 0 atom stereocenters. The fourth-order valence-corrected chi connectivity index (χ4v) is 3.15. The molecule has 3 aromatic rings. The number of amides is 2. The molecule has 0 saturated carbocycles. The Morgan fingerprint density at radius 1 is 1.25 bits per heavy atom. The van der Waals surface area contributed by atoms with Gasteiger partial charge in [-0.05, 0) is 30.7 Å². The van der Waals surface area contributed by atoms with Gasteiger partial charge in [-0.3, -0.25) is 9.59 Å². The van der Waals surface area contributed by atoms with E-state index in [-0.39, 0.29) is 23.2 Å². The maximum Gasteiger partial charge on any atom is 0.340 e. The molecule has 2 aromatic carbocycles. The molecule has 1 aromatic heterocycles. The molecule has 0 fully saturated rings. The van der Waals surface area contributed by atoms with Gasteiger partial charge in [-0.25, -0.2) is 4.79 Å². The lowest BCUT2D eigenvalue weighted by Gasteiger charge is -2.11. The molecule has 3 N–H and O–H groups in total. The highest BCUT2D eigenvalue weighted by atomic mass is 35.5. The molecule has 8 heteroatoms. The van der Waals surface area contributed by atoms with E-state index in [1.807, 2.05) is 0 Å². The van der Waals surface area contributed by atoms with Gasteiger partial charge in [0, 0.05) is 11.5 Å². The van der Waals surface area contributed by atoms with Crippen LogP contribution in [0.5, 0.6) is 5.75 Å². The number of nitrogens with one attached hydrogen (secondary N) is 1. The molecule has 0 saturated heterocycles. The summed E-state index contributed by atoms with van der Waals surface area (Å²) in [6.07, 6.45) is -0.235. The van der Waals surface area contributed by atoms with Gasteiger partial charge in [0.1, 0.15) is 11.3 Å². The standard InChI is InChI=1S/C20H17ClN2O5/c1-10-12-7-14(21)17(27-2)9-16(12)28-20(26)13(10)8-18(24)23-15-6-4-3-5-11(15)19(22)25/h3-7,9H,8H2,1-2H3,(H2,22,25)(H,23,24). The minimum Gasteiger partial charge on any atom is -0.495 e. The summed E-state index contributed by atoms with van der Waals surface area (Å²) in [5.74, 6) is -0.769. The zero-order chi connectivity index (χ0) is 20.4. The third-order valence-corrected chi connectivity index (χ3v) is 4.66. The van der Waals surface area contributed by atoms with Gasteiger partial charge < -0.3 is 20.2 Å². The summed E-state index contributed by atoms with van der Waals surface area (Å²) >= 11 is 6.16. The molecule has 7 nitrogen and oxygen atoms in total. The Hall–Kier alpha value is -3.32. The van der Waals surface area contributed by atoms with E-state index in [1.165, 1.54) is 19.2 Å². The quantitative estimate of drug-likeness (QED) is 0.639. The minimum atomic E-state index is -0.666. The fourth-order valence-electron chi connectivity index (χ4n) is 2.91. The van der Waals surface area contributed by atoms with E-state index in [4.69, 9.17) is 26.5 Å². The number of para-hydroxylation sites is 1. The molecule has 0 aliphatic heterocycles. The number of carbonyl (C=O) groups is 2. The molecule has 0 radical (unpaired) electrons. The van der Waals surface area contributed by atoms with E-state index in [0.29, 0.717) is 27.3 Å². The predicted molar refractivity (Wildman–Crippen MR) is 106 cm³/mol. The lowest BCUT2D eigenvalue weighted by Crippen LogP contribution is -2.22. The third kappa shape index (κ3) is 3.70. The lowest BCUT2D eigenvalue weighted by molar-refractivity contribution is -0.115. The van der Waals surface area contributed by atoms with Crippen molar-refractivity contribution in [3.63, 3.8) is 0 Å². The second kappa shape index (κ2) is 7.74. The highest BCUT2D eigenvalue weighted by Gasteiger charge is 2.18. The normalized spacial score (nSPS) is 10.7. The number of hydrogen-bond donors (Lipinski definition) is 2. The molecule has 3 rings (SSSR count). The molecular formula is C20H17ClN2O5. The number of nitrogens with two attached hydrogens (primary N) is 1. The SMILES string of the molecule is COc1cc2oc(=O)c(CC(=O)Nc3ccccc3C(N)=O)c(C)c2cc1Cl. The van der Waals surface area contributed by atoms with E-state index in [9.17, 15) is 14.4 Å². The highest BCUT2D eigenvalue weighted by Crippen LogP contribution is 2.31. The number of ether oxygens (including phenoxy) is 1. The van der Waals surface area contributed by atoms with Crippen LogP contribution in [0, 0.1) is 6.92 Å². The molecule has 2 amide bonds. The summed E-state index contributed by atoms with van der Waals surface area (Å²) in [6.45, 7) is 1.71. The maximum absolute atomic E-state index is 12.5. The summed E-state index contributed by atoms with van der Waals surface area (Å²) in [5, 5.41) is 3.57. The van der Waals surface area contributed by atoms with Crippen LogP contribution >= 0.6 is 11.6 Å². The lowest BCUT2D eigenvalue weighted by atomic mass is 10.0.